The van der Waals surface area contributed by atoms with E-state index in [2.05, 4.69) is 14.6 Å². The third kappa shape index (κ3) is 1.47. The Bertz CT molecular complexity index is 365. The summed E-state index contributed by atoms with van der Waals surface area (Å²) in [6.07, 6.45) is 2.83. The maximum absolute atomic E-state index is 10.5. The van der Waals surface area contributed by atoms with Crippen LogP contribution in [0.3, 0.4) is 0 Å². The molecule has 2 heterocycles. The molecule has 68 valence electrons. The van der Waals surface area contributed by atoms with Gasteiger partial charge in [-0.3, -0.25) is 0 Å². The van der Waals surface area contributed by atoms with E-state index in [9.17, 15) is 4.79 Å². The van der Waals surface area contributed by atoms with Gasteiger partial charge in [0.25, 0.3) is 0 Å². The smallest absolute Gasteiger partial charge is 0.331 e. The third-order valence-corrected chi connectivity index (χ3v) is 2.00. The quantitative estimate of drug-likeness (QED) is 0.478. The summed E-state index contributed by atoms with van der Waals surface area (Å²) in [6, 6.07) is 3.92. The number of nitrogens with zero attached hydrogens (tertiary/aromatic N) is 2. The second-order valence-electron chi connectivity index (χ2n) is 2.96. The van der Waals surface area contributed by atoms with Gasteiger partial charge in [0.1, 0.15) is 5.71 Å². The van der Waals surface area contributed by atoms with E-state index in [-0.39, 0.29) is 5.97 Å². The van der Waals surface area contributed by atoms with Crippen LogP contribution in [-0.2, 0) is 16.2 Å². The highest BCUT2D eigenvalue weighted by Crippen LogP contribution is 2.15. The highest BCUT2D eigenvalue weighted by molar-refractivity contribution is 6.00. The van der Waals surface area contributed by atoms with Crippen molar-refractivity contribution >= 4 is 11.7 Å². The molecule has 0 aliphatic carbocycles. The maximum atomic E-state index is 10.5. The van der Waals surface area contributed by atoms with Crippen molar-refractivity contribution < 1.29 is 9.63 Å². The first kappa shape index (κ1) is 8.04. The van der Waals surface area contributed by atoms with Gasteiger partial charge in [0, 0.05) is 26.1 Å². The van der Waals surface area contributed by atoms with Gasteiger partial charge >= 0.3 is 5.97 Å². The monoisotopic (exact) mass is 178 g/mol. The molecule has 0 atom stereocenters. The zero-order valence-corrected chi connectivity index (χ0v) is 7.36. The largest absolute Gasteiger partial charge is 0.346 e. The summed E-state index contributed by atoms with van der Waals surface area (Å²) in [5, 5.41) is 3.78. The minimum Gasteiger partial charge on any atom is -0.346 e. The lowest BCUT2D eigenvalue weighted by atomic mass is 10.2. The summed E-state index contributed by atoms with van der Waals surface area (Å²) in [5.74, 6) is -0.377. The van der Waals surface area contributed by atoms with Crippen molar-refractivity contribution in [3.63, 3.8) is 0 Å². The highest BCUT2D eigenvalue weighted by Gasteiger charge is 2.16. The number of fused-ring (bicyclic) bond motifs is 1. The normalized spacial score (nSPS) is 17.5. The lowest BCUT2D eigenvalue weighted by Gasteiger charge is -1.94. The van der Waals surface area contributed by atoms with Gasteiger partial charge in [-0.1, -0.05) is 5.16 Å². The van der Waals surface area contributed by atoms with E-state index in [1.54, 1.807) is 0 Å². The van der Waals surface area contributed by atoms with Crippen LogP contribution < -0.4 is 0 Å². The maximum Gasteiger partial charge on any atom is 0.331 e. The van der Waals surface area contributed by atoms with Crippen molar-refractivity contribution in [3.8, 4) is 0 Å². The van der Waals surface area contributed by atoms with Crippen LogP contribution in [0.4, 0.5) is 0 Å². The topological polar surface area (TPSA) is 43.6 Å². The van der Waals surface area contributed by atoms with Gasteiger partial charge in [-0.2, -0.15) is 0 Å². The molecular formula is C9H10N2O2. The van der Waals surface area contributed by atoms with Crippen LogP contribution >= 0.6 is 0 Å². The van der Waals surface area contributed by atoms with Gasteiger partial charge in [-0.15, -0.1) is 0 Å². The number of aromatic nitrogens is 1. The molecular weight excluding hydrogens is 168 g/mol. The van der Waals surface area contributed by atoms with Gasteiger partial charge in [-0.05, 0) is 12.1 Å². The molecule has 0 saturated heterocycles. The zero-order valence-electron chi connectivity index (χ0n) is 7.36. The fourth-order valence-corrected chi connectivity index (χ4v) is 1.44. The molecule has 1 aliphatic heterocycles. The van der Waals surface area contributed by atoms with Crippen LogP contribution in [0.5, 0.6) is 0 Å². The summed E-state index contributed by atoms with van der Waals surface area (Å²) in [7, 11) is 0. The summed E-state index contributed by atoms with van der Waals surface area (Å²) in [4.78, 5) is 15.1. The van der Waals surface area contributed by atoms with E-state index < -0.39 is 0 Å². The van der Waals surface area contributed by atoms with E-state index in [1.807, 2.05) is 18.3 Å². The minimum absolute atomic E-state index is 0.377. The van der Waals surface area contributed by atoms with Gasteiger partial charge < -0.3 is 9.40 Å². The van der Waals surface area contributed by atoms with Crippen LogP contribution in [0, 0.1) is 0 Å². The summed E-state index contributed by atoms with van der Waals surface area (Å²) >= 11 is 0. The summed E-state index contributed by atoms with van der Waals surface area (Å²) in [6.45, 7) is 2.26. The molecule has 0 saturated carbocycles. The predicted octanol–water partition coefficient (Wildman–Crippen LogP) is 1.16. The van der Waals surface area contributed by atoms with E-state index in [0.29, 0.717) is 0 Å². The fourth-order valence-electron chi connectivity index (χ4n) is 1.44. The Balaban J connectivity index is 2.20. The Kier molecular flexibility index (Phi) is 1.88. The van der Waals surface area contributed by atoms with Crippen LogP contribution in [0.15, 0.2) is 23.5 Å². The standard InChI is InChI=1S/C9H10N2O2/c1-7(12)13-10-8-4-6-11-5-2-3-9(8)11/h2-3,5H,4,6H2,1H3. The molecule has 0 spiro atoms. The number of hydrogen-bond donors (Lipinski definition) is 0. The number of oxime groups is 1. The van der Waals surface area contributed by atoms with E-state index in [0.717, 1.165) is 24.4 Å². The molecule has 4 heteroatoms. The van der Waals surface area contributed by atoms with E-state index >= 15 is 0 Å². The molecule has 13 heavy (non-hydrogen) atoms. The first-order valence-corrected chi connectivity index (χ1v) is 4.17. The second kappa shape index (κ2) is 3.05. The SMILES string of the molecule is CC(=O)ON=C1CCn2cccc21. The molecule has 0 radical (unpaired) electrons. The van der Waals surface area contributed by atoms with Crippen molar-refractivity contribution in [3.05, 3.63) is 24.0 Å². The number of carbonyl (C=O) groups is 1. The molecule has 1 aliphatic rings. The van der Waals surface area contributed by atoms with Gasteiger partial charge in [0.05, 0.1) is 5.69 Å². The van der Waals surface area contributed by atoms with Crippen LogP contribution in [0.2, 0.25) is 0 Å². The van der Waals surface area contributed by atoms with Gasteiger partial charge in [0.2, 0.25) is 0 Å². The fraction of sp³-hybridized carbons (Fsp3) is 0.333. The Hall–Kier alpha value is -1.58. The third-order valence-electron chi connectivity index (χ3n) is 2.00. The molecule has 4 nitrogen and oxygen atoms in total. The van der Waals surface area contributed by atoms with Crippen molar-refractivity contribution in [2.24, 2.45) is 5.16 Å². The zero-order chi connectivity index (χ0) is 9.26. The van der Waals surface area contributed by atoms with Crippen molar-refractivity contribution in [2.75, 3.05) is 0 Å². The molecule has 1 aromatic heterocycles. The number of rotatable bonds is 1. The average molecular weight is 178 g/mol. The number of aryl methyl sites for hydroxylation is 1. The molecule has 0 amide bonds. The predicted molar refractivity (Wildman–Crippen MR) is 47.4 cm³/mol. The highest BCUT2D eigenvalue weighted by atomic mass is 16.7. The first-order chi connectivity index (χ1) is 6.27. The molecule has 0 aromatic carbocycles. The number of carbonyl (C=O) groups excluding carboxylic acids is 1. The van der Waals surface area contributed by atoms with Crippen LogP contribution in [0.1, 0.15) is 19.0 Å². The van der Waals surface area contributed by atoms with E-state index in [4.69, 9.17) is 0 Å². The minimum atomic E-state index is -0.377. The van der Waals surface area contributed by atoms with Gasteiger partial charge in [-0.25, -0.2) is 4.79 Å². The molecule has 0 bridgehead atoms. The van der Waals surface area contributed by atoms with Crippen molar-refractivity contribution in [1.82, 2.24) is 4.57 Å². The molecule has 0 N–H and O–H groups in total. The summed E-state index contributed by atoms with van der Waals surface area (Å²) in [5.41, 5.74) is 1.89. The second-order valence-corrected chi connectivity index (χ2v) is 2.96. The van der Waals surface area contributed by atoms with E-state index in [1.165, 1.54) is 6.92 Å². The van der Waals surface area contributed by atoms with Crippen molar-refractivity contribution in [2.45, 2.75) is 19.9 Å². The van der Waals surface area contributed by atoms with Crippen LogP contribution in [0.25, 0.3) is 0 Å². The van der Waals surface area contributed by atoms with Crippen molar-refractivity contribution in [1.29, 1.82) is 0 Å². The number of hydrogen-bond acceptors (Lipinski definition) is 3. The Morgan fingerprint density at radius 2 is 2.54 bits per heavy atom. The Morgan fingerprint density at radius 3 is 3.31 bits per heavy atom. The van der Waals surface area contributed by atoms with Gasteiger partial charge in [0.15, 0.2) is 0 Å². The molecule has 1 aromatic rings. The molecule has 2 rings (SSSR count). The Morgan fingerprint density at radius 1 is 1.69 bits per heavy atom. The summed E-state index contributed by atoms with van der Waals surface area (Å²) < 4.78 is 2.09. The molecule has 0 unspecified atom stereocenters. The first-order valence-electron chi connectivity index (χ1n) is 4.17. The Labute approximate surface area is 75.8 Å². The average Bonchev–Trinajstić information content (AvgIpc) is 2.60. The lowest BCUT2D eigenvalue weighted by molar-refractivity contribution is -0.140. The lowest BCUT2D eigenvalue weighted by Crippen LogP contribution is -1.99. The molecule has 0 fully saturated rings. The van der Waals surface area contributed by atoms with Crippen LogP contribution in [-0.4, -0.2) is 16.2 Å².